The summed E-state index contributed by atoms with van der Waals surface area (Å²) in [6.07, 6.45) is 2.17. The summed E-state index contributed by atoms with van der Waals surface area (Å²) < 4.78 is 4.45. The average molecular weight is 175 g/mol. The van der Waals surface area contributed by atoms with Crippen molar-refractivity contribution in [3.63, 3.8) is 0 Å². The fourth-order valence-corrected chi connectivity index (χ4v) is 2.28. The molecule has 0 saturated carbocycles. The van der Waals surface area contributed by atoms with E-state index in [4.69, 9.17) is 0 Å². The lowest BCUT2D eigenvalue weighted by molar-refractivity contribution is 0.171. The van der Waals surface area contributed by atoms with Gasteiger partial charge in [0.1, 0.15) is 0 Å². The molecule has 0 radical (unpaired) electrons. The van der Waals surface area contributed by atoms with E-state index in [2.05, 4.69) is 10.1 Å². The Hall–Kier alpha value is -0.380. The molecular weight excluding hydrogens is 162 g/mol. The monoisotopic (exact) mass is 175 g/mol. The SMILES string of the molecule is COC(=O)NCC1CCCS1. The first-order chi connectivity index (χ1) is 5.33. The second-order valence-corrected chi connectivity index (χ2v) is 3.92. The summed E-state index contributed by atoms with van der Waals surface area (Å²) >= 11 is 1.92. The van der Waals surface area contributed by atoms with Crippen molar-refractivity contribution in [3.05, 3.63) is 0 Å². The number of carbonyl (C=O) groups excluding carboxylic acids is 1. The smallest absolute Gasteiger partial charge is 0.406 e. The van der Waals surface area contributed by atoms with Gasteiger partial charge in [0.15, 0.2) is 0 Å². The van der Waals surface area contributed by atoms with Crippen LogP contribution in [0.3, 0.4) is 0 Å². The van der Waals surface area contributed by atoms with Crippen molar-refractivity contribution in [2.75, 3.05) is 19.4 Å². The highest BCUT2D eigenvalue weighted by Gasteiger charge is 2.15. The maximum absolute atomic E-state index is 10.6. The second-order valence-electron chi connectivity index (χ2n) is 2.51. The zero-order chi connectivity index (χ0) is 8.10. The van der Waals surface area contributed by atoms with E-state index < -0.39 is 0 Å². The van der Waals surface area contributed by atoms with E-state index in [1.807, 2.05) is 11.8 Å². The third kappa shape index (κ3) is 3.01. The van der Waals surface area contributed by atoms with Crippen LogP contribution in [0.15, 0.2) is 0 Å². The molecule has 3 nitrogen and oxygen atoms in total. The standard InChI is InChI=1S/C7H13NO2S/c1-10-7(9)8-5-6-3-2-4-11-6/h6H,2-5H2,1H3,(H,8,9). The molecule has 0 aromatic rings. The topological polar surface area (TPSA) is 38.3 Å². The Morgan fingerprint density at radius 1 is 1.82 bits per heavy atom. The number of thioether (sulfide) groups is 1. The molecule has 11 heavy (non-hydrogen) atoms. The predicted octanol–water partition coefficient (Wildman–Crippen LogP) is 1.24. The molecule has 0 aromatic heterocycles. The molecule has 1 heterocycles. The normalized spacial score (nSPS) is 23.2. The van der Waals surface area contributed by atoms with Gasteiger partial charge in [0.2, 0.25) is 0 Å². The number of hydrogen-bond acceptors (Lipinski definition) is 3. The van der Waals surface area contributed by atoms with Crippen LogP contribution >= 0.6 is 11.8 Å². The van der Waals surface area contributed by atoms with Crippen molar-refractivity contribution in [1.29, 1.82) is 0 Å². The summed E-state index contributed by atoms with van der Waals surface area (Å²) in [6, 6.07) is 0. The molecule has 0 aromatic carbocycles. The molecule has 1 aliphatic heterocycles. The van der Waals surface area contributed by atoms with Gasteiger partial charge in [0, 0.05) is 11.8 Å². The van der Waals surface area contributed by atoms with Gasteiger partial charge in [-0.15, -0.1) is 0 Å². The molecule has 1 rings (SSSR count). The lowest BCUT2D eigenvalue weighted by atomic mass is 10.2. The number of rotatable bonds is 2. The van der Waals surface area contributed by atoms with Crippen molar-refractivity contribution >= 4 is 17.9 Å². The second kappa shape index (κ2) is 4.49. The quantitative estimate of drug-likeness (QED) is 0.686. The third-order valence-corrected chi connectivity index (χ3v) is 3.08. The summed E-state index contributed by atoms with van der Waals surface area (Å²) in [5, 5.41) is 3.30. The van der Waals surface area contributed by atoms with Crippen molar-refractivity contribution in [1.82, 2.24) is 5.32 Å². The van der Waals surface area contributed by atoms with Gasteiger partial charge < -0.3 is 10.1 Å². The highest BCUT2D eigenvalue weighted by Crippen LogP contribution is 2.25. The van der Waals surface area contributed by atoms with Crippen molar-refractivity contribution in [2.24, 2.45) is 0 Å². The number of ether oxygens (including phenoxy) is 1. The maximum atomic E-state index is 10.6. The Morgan fingerprint density at radius 2 is 2.64 bits per heavy atom. The van der Waals surface area contributed by atoms with Crippen LogP contribution in [0.1, 0.15) is 12.8 Å². The van der Waals surface area contributed by atoms with E-state index in [-0.39, 0.29) is 6.09 Å². The fraction of sp³-hybridized carbons (Fsp3) is 0.857. The molecule has 1 amide bonds. The molecule has 0 spiro atoms. The minimum Gasteiger partial charge on any atom is -0.453 e. The highest BCUT2D eigenvalue weighted by atomic mass is 32.2. The highest BCUT2D eigenvalue weighted by molar-refractivity contribution is 8.00. The van der Waals surface area contributed by atoms with Crippen LogP contribution < -0.4 is 5.32 Å². The van der Waals surface area contributed by atoms with Crippen LogP contribution in [-0.4, -0.2) is 30.8 Å². The summed E-state index contributed by atoms with van der Waals surface area (Å²) in [4.78, 5) is 10.6. The van der Waals surface area contributed by atoms with E-state index >= 15 is 0 Å². The van der Waals surface area contributed by atoms with E-state index in [1.165, 1.54) is 25.7 Å². The molecular formula is C7H13NO2S. The zero-order valence-electron chi connectivity index (χ0n) is 6.63. The van der Waals surface area contributed by atoms with Crippen molar-refractivity contribution < 1.29 is 9.53 Å². The molecule has 1 atom stereocenters. The molecule has 0 aliphatic carbocycles. The van der Waals surface area contributed by atoms with Crippen LogP contribution in [0, 0.1) is 0 Å². The van der Waals surface area contributed by atoms with E-state index in [0.29, 0.717) is 5.25 Å². The summed E-state index contributed by atoms with van der Waals surface area (Å²) in [5.41, 5.74) is 0. The number of nitrogens with one attached hydrogen (secondary N) is 1. The molecule has 1 N–H and O–H groups in total. The first kappa shape index (κ1) is 8.71. The van der Waals surface area contributed by atoms with Gasteiger partial charge in [-0.25, -0.2) is 4.79 Å². The molecule has 64 valence electrons. The Kier molecular flexibility index (Phi) is 3.56. The molecule has 1 saturated heterocycles. The van der Waals surface area contributed by atoms with Gasteiger partial charge in [-0.05, 0) is 18.6 Å². The zero-order valence-corrected chi connectivity index (χ0v) is 7.45. The van der Waals surface area contributed by atoms with Crippen LogP contribution in [-0.2, 0) is 4.74 Å². The van der Waals surface area contributed by atoms with Gasteiger partial charge in [-0.3, -0.25) is 0 Å². The Morgan fingerprint density at radius 3 is 3.18 bits per heavy atom. The first-order valence-corrected chi connectivity index (χ1v) is 4.81. The lowest BCUT2D eigenvalue weighted by Crippen LogP contribution is -2.29. The first-order valence-electron chi connectivity index (χ1n) is 3.76. The summed E-state index contributed by atoms with van der Waals surface area (Å²) in [6.45, 7) is 0.747. The number of alkyl carbamates (subject to hydrolysis) is 1. The number of amides is 1. The van der Waals surface area contributed by atoms with Gasteiger partial charge in [0.05, 0.1) is 7.11 Å². The molecule has 4 heteroatoms. The van der Waals surface area contributed by atoms with E-state index in [9.17, 15) is 4.79 Å². The van der Waals surface area contributed by atoms with Crippen LogP contribution in [0.25, 0.3) is 0 Å². The summed E-state index contributed by atoms with van der Waals surface area (Å²) in [5.74, 6) is 1.23. The predicted molar refractivity (Wildman–Crippen MR) is 45.9 cm³/mol. The minimum absolute atomic E-state index is 0.322. The van der Waals surface area contributed by atoms with Crippen molar-refractivity contribution in [2.45, 2.75) is 18.1 Å². The fourth-order valence-electron chi connectivity index (χ4n) is 1.07. The van der Waals surface area contributed by atoms with Crippen LogP contribution in [0.2, 0.25) is 0 Å². The van der Waals surface area contributed by atoms with Crippen molar-refractivity contribution in [3.8, 4) is 0 Å². The van der Waals surface area contributed by atoms with Crippen LogP contribution in [0.4, 0.5) is 4.79 Å². The largest absolute Gasteiger partial charge is 0.453 e. The average Bonchev–Trinajstić information content (AvgIpc) is 2.52. The van der Waals surface area contributed by atoms with Gasteiger partial charge >= 0.3 is 6.09 Å². The molecule has 1 unspecified atom stereocenters. The molecule has 0 bridgehead atoms. The Labute approximate surface area is 70.9 Å². The van der Waals surface area contributed by atoms with Gasteiger partial charge in [0.25, 0.3) is 0 Å². The number of methoxy groups -OCH3 is 1. The number of hydrogen-bond donors (Lipinski definition) is 1. The van der Waals surface area contributed by atoms with Gasteiger partial charge in [-0.1, -0.05) is 0 Å². The van der Waals surface area contributed by atoms with E-state index in [0.717, 1.165) is 6.54 Å². The van der Waals surface area contributed by atoms with Crippen LogP contribution in [0.5, 0.6) is 0 Å². The summed E-state index contributed by atoms with van der Waals surface area (Å²) in [7, 11) is 1.39. The number of carbonyl (C=O) groups is 1. The third-order valence-electron chi connectivity index (χ3n) is 1.68. The minimum atomic E-state index is -0.322. The Bertz CT molecular complexity index is 134. The van der Waals surface area contributed by atoms with Gasteiger partial charge in [-0.2, -0.15) is 11.8 Å². The molecule has 1 aliphatic rings. The lowest BCUT2D eigenvalue weighted by Gasteiger charge is -2.08. The molecule has 1 fully saturated rings. The van der Waals surface area contributed by atoms with E-state index in [1.54, 1.807) is 0 Å². The maximum Gasteiger partial charge on any atom is 0.406 e. The Balaban J connectivity index is 2.06.